The lowest BCUT2D eigenvalue weighted by Gasteiger charge is -2.25. The minimum atomic E-state index is -0.0981. The lowest BCUT2D eigenvalue weighted by atomic mass is 9.81. The summed E-state index contributed by atoms with van der Waals surface area (Å²) in [5.41, 5.74) is 11.1. The topological polar surface area (TPSA) is 143 Å². The molecule has 1 heterocycles. The van der Waals surface area contributed by atoms with Crippen molar-refractivity contribution in [3.8, 4) is 34.5 Å². The maximum absolute atomic E-state index is 8.75. The number of fused-ring (bicyclic) bond motifs is 3. The van der Waals surface area contributed by atoms with E-state index in [0.29, 0.717) is 60.2 Å². The first kappa shape index (κ1) is 59.6. The summed E-state index contributed by atoms with van der Waals surface area (Å²) < 4.78 is 45.6. The van der Waals surface area contributed by atoms with Gasteiger partial charge in [0.15, 0.2) is 17.4 Å². The van der Waals surface area contributed by atoms with Gasteiger partial charge in [-0.15, -0.1) is 5.10 Å². The zero-order valence-corrected chi connectivity index (χ0v) is 50.8. The van der Waals surface area contributed by atoms with Gasteiger partial charge in [0.1, 0.15) is 37.1 Å². The minimum absolute atomic E-state index is 0.0424. The average molecular weight is 1140 g/mol. The molecule has 0 aliphatic heterocycles. The largest absolute Gasteiger partial charge is 0.489 e. The van der Waals surface area contributed by atoms with E-state index in [2.05, 4.69) is 176 Å². The molecule has 85 heavy (non-hydrogen) atoms. The summed E-state index contributed by atoms with van der Waals surface area (Å²) in [7, 11) is 0. The number of para-hydroxylation sites is 1. The lowest BCUT2D eigenvalue weighted by Crippen LogP contribution is -2.21. The first-order chi connectivity index (χ1) is 40.8. The Bertz CT molecular complexity index is 3710. The smallest absolute Gasteiger partial charge is 0.213 e. The highest BCUT2D eigenvalue weighted by atomic mass is 16.5. The quantitative estimate of drug-likeness (QED) is 0.0296. The fraction of sp³-hybridized carbons (Fsp3) is 0.324. The van der Waals surface area contributed by atoms with Crippen LogP contribution in [0.4, 0.5) is 0 Å². The second-order valence-electron chi connectivity index (χ2n) is 25.6. The number of nitrogens with one attached hydrogen (secondary N) is 2. The summed E-state index contributed by atoms with van der Waals surface area (Å²) in [4.78, 5) is 3.54. The third-order valence-electron chi connectivity index (χ3n) is 15.8. The number of benzene rings is 6. The summed E-state index contributed by atoms with van der Waals surface area (Å²) in [6, 6.07) is 42.6. The Hall–Kier alpha value is -8.54. The van der Waals surface area contributed by atoms with Crippen LogP contribution < -0.4 is 24.8 Å². The molecular formula is C74H82N4O7. The summed E-state index contributed by atoms with van der Waals surface area (Å²) >= 11 is 0. The second-order valence-corrected chi connectivity index (χ2v) is 25.6. The number of H-pyrrole nitrogens is 1. The number of aromatic amines is 1. The summed E-state index contributed by atoms with van der Waals surface area (Å²) in [5.74, 6) is 9.77. The van der Waals surface area contributed by atoms with E-state index >= 15 is 0 Å². The molecule has 0 saturated carbocycles. The lowest BCUT2D eigenvalue weighted by molar-refractivity contribution is 0.143. The predicted octanol–water partition coefficient (Wildman–Crippen LogP) is 18.3. The predicted molar refractivity (Wildman–Crippen MR) is 344 cm³/mol. The monoisotopic (exact) mass is 1140 g/mol. The zero-order chi connectivity index (χ0) is 59.7. The first-order valence-electron chi connectivity index (χ1n) is 29.7. The fourth-order valence-corrected chi connectivity index (χ4v) is 10.6. The maximum atomic E-state index is 8.75. The fourth-order valence-electron chi connectivity index (χ4n) is 10.6. The molecule has 11 heteroatoms. The van der Waals surface area contributed by atoms with Gasteiger partial charge in [-0.2, -0.15) is 0 Å². The van der Waals surface area contributed by atoms with Crippen molar-refractivity contribution in [2.24, 2.45) is 39.5 Å². The summed E-state index contributed by atoms with van der Waals surface area (Å²) in [5, 5.41) is 15.1. The van der Waals surface area contributed by atoms with Gasteiger partial charge in [-0.1, -0.05) is 184 Å². The normalized spacial score (nSPS) is 17.3. The van der Waals surface area contributed by atoms with Crippen LogP contribution in [-0.2, 0) is 46.1 Å². The van der Waals surface area contributed by atoms with Crippen molar-refractivity contribution in [3.05, 3.63) is 227 Å². The van der Waals surface area contributed by atoms with Crippen molar-refractivity contribution >= 4 is 33.6 Å². The van der Waals surface area contributed by atoms with Crippen LogP contribution in [0.3, 0.4) is 0 Å². The average Bonchev–Trinajstić information content (AvgIpc) is 4.15. The molecule has 4 N–H and O–H groups in total. The molecule has 3 aliphatic carbocycles. The number of rotatable bonds is 20. The van der Waals surface area contributed by atoms with E-state index in [1.165, 1.54) is 16.7 Å². The molecule has 3 unspecified atom stereocenters. The maximum Gasteiger partial charge on any atom is 0.213 e. The molecule has 440 valence electrons. The number of nitrogens with zero attached hydrogens (tertiary/aromatic N) is 1. The highest BCUT2D eigenvalue weighted by Gasteiger charge is 2.25. The highest BCUT2D eigenvalue weighted by molar-refractivity contribution is 6.07. The van der Waals surface area contributed by atoms with Crippen molar-refractivity contribution in [3.63, 3.8) is 0 Å². The molecule has 10 rings (SSSR count). The molecule has 1 aromatic heterocycles. The SMILES string of the molecule is CC(C)(C)C1=CCC(C(=N)OCc2ccc(Oc3cc(COc4ccc5c(c4)[nH]c4ccccc45)cc(OCC4C=CC(COCc5ccc(C(C)(C)C)cc5)=CC4)c3Oc3ccc(CO/C(=N\N)C4C=CC(C(C)(C)C)=CC4)cc3)cc2)C=C1. The second kappa shape index (κ2) is 26.2. The molecule has 0 saturated heterocycles. The Morgan fingerprint density at radius 2 is 1.13 bits per heavy atom. The van der Waals surface area contributed by atoms with Crippen LogP contribution in [0.25, 0.3) is 21.8 Å². The third-order valence-corrected chi connectivity index (χ3v) is 15.8. The van der Waals surface area contributed by atoms with Crippen molar-refractivity contribution in [1.29, 1.82) is 5.41 Å². The minimum Gasteiger partial charge on any atom is -0.489 e. The van der Waals surface area contributed by atoms with Gasteiger partial charge in [0.2, 0.25) is 11.6 Å². The number of hydrogen-bond acceptors (Lipinski definition) is 10. The van der Waals surface area contributed by atoms with Crippen LogP contribution in [0.15, 0.2) is 204 Å². The molecule has 3 atom stereocenters. The number of allylic oxidation sites excluding steroid dienone is 7. The standard InChI is InChI=1S/C74H82N4O7/c1-72(2,3)57-28-18-50(19-29-57)44-79-43-49-14-16-51(17-15-49)45-81-67-40-54(48-80-62-38-39-64-63-12-10-11-13-65(63)77-66(64)42-62)41-68(84-60-34-20-52(21-35-60)46-82-70(75)55-24-30-58(31-25-55)73(4,5)6)69(67)85-61-36-22-53(23-37-61)47-83-71(78-76)56-26-32-59(33-27-56)74(7,8)9/h10-16,18-24,26,28-42,51,55-56,75,77H,17,25,27,43-48,76H2,1-9H3/b75-70?,78-71-. The number of hydrazone groups is 1. The van der Waals surface area contributed by atoms with Crippen LogP contribution in [0, 0.1) is 34.0 Å². The van der Waals surface area contributed by atoms with Crippen molar-refractivity contribution in [2.45, 2.75) is 113 Å². The molecule has 6 aromatic carbocycles. The van der Waals surface area contributed by atoms with Crippen molar-refractivity contribution < 1.29 is 33.2 Å². The Morgan fingerprint density at radius 3 is 1.75 bits per heavy atom. The number of aromatic nitrogens is 1. The molecule has 3 aliphatic rings. The molecule has 0 amide bonds. The molecule has 0 fully saturated rings. The van der Waals surface area contributed by atoms with Crippen molar-refractivity contribution in [1.82, 2.24) is 4.98 Å². The van der Waals surface area contributed by atoms with Gasteiger partial charge >= 0.3 is 0 Å². The molecule has 0 spiro atoms. The van der Waals surface area contributed by atoms with E-state index in [0.717, 1.165) is 68.9 Å². The Labute approximate surface area is 502 Å². The van der Waals surface area contributed by atoms with Gasteiger partial charge < -0.3 is 44.0 Å². The number of nitrogens with two attached hydrogens (primary N) is 1. The van der Waals surface area contributed by atoms with Crippen LogP contribution in [-0.4, -0.2) is 30.0 Å². The molecule has 11 nitrogen and oxygen atoms in total. The van der Waals surface area contributed by atoms with E-state index in [9.17, 15) is 0 Å². The van der Waals surface area contributed by atoms with Crippen LogP contribution in [0.5, 0.6) is 34.5 Å². The van der Waals surface area contributed by atoms with Crippen molar-refractivity contribution in [2.75, 3.05) is 13.2 Å². The molecule has 7 aromatic rings. The Morgan fingerprint density at radius 1 is 0.529 bits per heavy atom. The summed E-state index contributed by atoms with van der Waals surface area (Å²) in [6.45, 7) is 22.1. The van der Waals surface area contributed by atoms with E-state index in [-0.39, 0.29) is 59.7 Å². The van der Waals surface area contributed by atoms with Crippen LogP contribution in [0.1, 0.15) is 109 Å². The third kappa shape index (κ3) is 15.6. The van der Waals surface area contributed by atoms with Gasteiger partial charge in [0.05, 0.1) is 37.2 Å². The van der Waals surface area contributed by atoms with Gasteiger partial charge in [-0.3, -0.25) is 5.41 Å². The van der Waals surface area contributed by atoms with Gasteiger partial charge in [-0.05, 0) is 135 Å². The highest BCUT2D eigenvalue weighted by Crippen LogP contribution is 2.45. The van der Waals surface area contributed by atoms with Crippen LogP contribution >= 0.6 is 0 Å². The molecule has 0 bridgehead atoms. The number of hydrogen-bond donors (Lipinski definition) is 3. The molecular weight excluding hydrogens is 1060 g/mol. The first-order valence-corrected chi connectivity index (χ1v) is 29.7. The summed E-state index contributed by atoms with van der Waals surface area (Å²) in [6.07, 6.45) is 21.8. The van der Waals surface area contributed by atoms with E-state index in [1.807, 2.05) is 78.9 Å². The van der Waals surface area contributed by atoms with Gasteiger partial charge in [0.25, 0.3) is 0 Å². The van der Waals surface area contributed by atoms with E-state index < -0.39 is 0 Å². The Balaban J connectivity index is 0.886. The van der Waals surface area contributed by atoms with E-state index in [4.69, 9.17) is 44.4 Å². The van der Waals surface area contributed by atoms with Crippen LogP contribution in [0.2, 0.25) is 0 Å². The number of ether oxygens (including phenoxy) is 7. The zero-order valence-electron chi connectivity index (χ0n) is 50.8. The van der Waals surface area contributed by atoms with Gasteiger partial charge in [-0.25, -0.2) is 0 Å². The Kier molecular flexibility index (Phi) is 18.3. The van der Waals surface area contributed by atoms with Gasteiger partial charge in [0, 0.05) is 28.3 Å². The molecule has 0 radical (unpaired) electrons. The van der Waals surface area contributed by atoms with E-state index in [1.54, 1.807) is 0 Å².